The Hall–Kier alpha value is -1.22. The summed E-state index contributed by atoms with van der Waals surface area (Å²) in [6, 6.07) is 8.40. The zero-order valence-electron chi connectivity index (χ0n) is 9.07. The van der Waals surface area contributed by atoms with E-state index in [1.165, 1.54) is 12.8 Å². The summed E-state index contributed by atoms with van der Waals surface area (Å²) in [6.45, 7) is 0.696. The number of benzene rings is 1. The van der Waals surface area contributed by atoms with Gasteiger partial charge in [0.25, 0.3) is 0 Å². The van der Waals surface area contributed by atoms with Gasteiger partial charge in [0.05, 0.1) is 7.11 Å². The maximum Gasteiger partial charge on any atom is 0.120 e. The normalized spacial score (nSPS) is 17.2. The first-order chi connectivity index (χ1) is 7.33. The predicted octanol–water partition coefficient (Wildman–Crippen LogP) is 1.84. The number of hydrogen-bond donors (Lipinski definition) is 2. The summed E-state index contributed by atoms with van der Waals surface area (Å²) in [7, 11) is 1.68. The van der Waals surface area contributed by atoms with E-state index in [2.05, 4.69) is 5.32 Å². The summed E-state index contributed by atoms with van der Waals surface area (Å²) >= 11 is 0. The Morgan fingerprint density at radius 2 is 2.33 bits per heavy atom. The Morgan fingerprint density at radius 1 is 1.53 bits per heavy atom. The molecule has 2 rings (SSSR count). The van der Waals surface area contributed by atoms with Crippen molar-refractivity contribution in [1.82, 2.24) is 0 Å². The van der Waals surface area contributed by atoms with E-state index in [-0.39, 0.29) is 0 Å². The highest BCUT2D eigenvalue weighted by atomic mass is 16.5. The predicted molar refractivity (Wildman–Crippen MR) is 62.2 cm³/mol. The smallest absolute Gasteiger partial charge is 0.120 e. The van der Waals surface area contributed by atoms with Crippen LogP contribution in [0.2, 0.25) is 0 Å². The first-order valence-corrected chi connectivity index (χ1v) is 5.44. The molecule has 3 heteroatoms. The molecule has 0 radical (unpaired) electrons. The second-order valence-electron chi connectivity index (χ2n) is 4.06. The molecule has 0 aliphatic heterocycles. The molecule has 0 saturated heterocycles. The highest BCUT2D eigenvalue weighted by Gasteiger charge is 2.29. The Kier molecular flexibility index (Phi) is 3.11. The summed E-state index contributed by atoms with van der Waals surface area (Å²) in [4.78, 5) is 0. The van der Waals surface area contributed by atoms with E-state index >= 15 is 0 Å². The first kappa shape index (κ1) is 10.3. The average Bonchev–Trinajstić information content (AvgIpc) is 3.10. The molecule has 3 N–H and O–H groups in total. The lowest BCUT2D eigenvalue weighted by molar-refractivity contribution is 0.415. The first-order valence-electron chi connectivity index (χ1n) is 5.44. The van der Waals surface area contributed by atoms with E-state index < -0.39 is 0 Å². The lowest BCUT2D eigenvalue weighted by Crippen LogP contribution is -2.30. The Morgan fingerprint density at radius 3 is 2.93 bits per heavy atom. The molecule has 1 unspecified atom stereocenters. The largest absolute Gasteiger partial charge is 0.497 e. The van der Waals surface area contributed by atoms with Crippen LogP contribution in [-0.2, 0) is 0 Å². The average molecular weight is 206 g/mol. The third-order valence-corrected chi connectivity index (χ3v) is 2.87. The van der Waals surface area contributed by atoms with Gasteiger partial charge in [-0.05, 0) is 30.9 Å². The minimum Gasteiger partial charge on any atom is -0.497 e. The van der Waals surface area contributed by atoms with Gasteiger partial charge in [-0.15, -0.1) is 0 Å². The van der Waals surface area contributed by atoms with Crippen LogP contribution < -0.4 is 15.8 Å². The van der Waals surface area contributed by atoms with Crippen molar-refractivity contribution >= 4 is 5.69 Å². The fourth-order valence-corrected chi connectivity index (χ4v) is 1.79. The van der Waals surface area contributed by atoms with Crippen molar-refractivity contribution in [1.29, 1.82) is 0 Å². The van der Waals surface area contributed by atoms with Gasteiger partial charge in [-0.3, -0.25) is 0 Å². The number of hydrogen-bond acceptors (Lipinski definition) is 3. The van der Waals surface area contributed by atoms with Gasteiger partial charge >= 0.3 is 0 Å². The fraction of sp³-hybridized carbons (Fsp3) is 0.500. The lowest BCUT2D eigenvalue weighted by atomic mass is 10.1. The summed E-state index contributed by atoms with van der Waals surface area (Å²) in [5.74, 6) is 1.65. The molecule has 0 aromatic heterocycles. The highest BCUT2D eigenvalue weighted by Crippen LogP contribution is 2.34. The van der Waals surface area contributed by atoms with Crippen molar-refractivity contribution in [3.8, 4) is 5.75 Å². The van der Waals surface area contributed by atoms with Gasteiger partial charge in [0.15, 0.2) is 0 Å². The Bertz CT molecular complexity index is 323. The van der Waals surface area contributed by atoms with Crippen LogP contribution in [0.1, 0.15) is 12.8 Å². The van der Waals surface area contributed by atoms with Gasteiger partial charge in [0.2, 0.25) is 0 Å². The SMILES string of the molecule is COc1cccc(NC(CN)C2CC2)c1. The molecule has 1 saturated carbocycles. The second kappa shape index (κ2) is 4.53. The quantitative estimate of drug-likeness (QED) is 0.773. The number of nitrogens with two attached hydrogens (primary N) is 1. The molecule has 1 aliphatic carbocycles. The van der Waals surface area contributed by atoms with Gasteiger partial charge in [0.1, 0.15) is 5.75 Å². The van der Waals surface area contributed by atoms with Gasteiger partial charge in [-0.2, -0.15) is 0 Å². The molecule has 1 aliphatic rings. The van der Waals surface area contributed by atoms with Crippen LogP contribution in [0.4, 0.5) is 5.69 Å². The number of anilines is 1. The van der Waals surface area contributed by atoms with E-state index in [1.54, 1.807) is 7.11 Å². The highest BCUT2D eigenvalue weighted by molar-refractivity contribution is 5.49. The van der Waals surface area contributed by atoms with E-state index in [4.69, 9.17) is 10.5 Å². The van der Waals surface area contributed by atoms with Gasteiger partial charge in [-0.25, -0.2) is 0 Å². The second-order valence-corrected chi connectivity index (χ2v) is 4.06. The van der Waals surface area contributed by atoms with Crippen molar-refractivity contribution in [3.05, 3.63) is 24.3 Å². The third-order valence-electron chi connectivity index (χ3n) is 2.87. The summed E-state index contributed by atoms with van der Waals surface area (Å²) in [6.07, 6.45) is 2.61. The Balaban J connectivity index is 2.01. The van der Waals surface area contributed by atoms with Crippen LogP contribution in [-0.4, -0.2) is 19.7 Å². The molecule has 0 bridgehead atoms. The van der Waals surface area contributed by atoms with Crippen molar-refractivity contribution in [3.63, 3.8) is 0 Å². The fourth-order valence-electron chi connectivity index (χ4n) is 1.79. The Labute approximate surface area is 90.6 Å². The van der Waals surface area contributed by atoms with E-state index in [0.717, 1.165) is 17.4 Å². The molecule has 15 heavy (non-hydrogen) atoms. The maximum atomic E-state index is 5.74. The molecule has 3 nitrogen and oxygen atoms in total. The topological polar surface area (TPSA) is 47.3 Å². The van der Waals surface area contributed by atoms with Gasteiger partial charge in [-0.1, -0.05) is 6.07 Å². The third kappa shape index (κ3) is 2.63. The van der Waals surface area contributed by atoms with E-state index in [9.17, 15) is 0 Å². The molecular formula is C12H18N2O. The standard InChI is InChI=1S/C12H18N2O/c1-15-11-4-2-3-10(7-11)14-12(8-13)9-5-6-9/h2-4,7,9,12,14H,5-6,8,13H2,1H3. The lowest BCUT2D eigenvalue weighted by Gasteiger charge is -2.17. The maximum absolute atomic E-state index is 5.74. The van der Waals surface area contributed by atoms with Crippen molar-refractivity contribution in [2.75, 3.05) is 19.0 Å². The molecule has 1 atom stereocenters. The van der Waals surface area contributed by atoms with Gasteiger partial charge < -0.3 is 15.8 Å². The van der Waals surface area contributed by atoms with Crippen LogP contribution in [0.5, 0.6) is 5.75 Å². The van der Waals surface area contributed by atoms with Crippen LogP contribution >= 0.6 is 0 Å². The minimum absolute atomic E-state index is 0.414. The number of nitrogens with one attached hydrogen (secondary N) is 1. The number of rotatable bonds is 5. The molecule has 0 spiro atoms. The van der Waals surface area contributed by atoms with Crippen LogP contribution in [0.25, 0.3) is 0 Å². The molecule has 1 fully saturated rings. The molecule has 0 heterocycles. The zero-order valence-corrected chi connectivity index (χ0v) is 9.07. The van der Waals surface area contributed by atoms with Crippen LogP contribution in [0.3, 0.4) is 0 Å². The number of ether oxygens (including phenoxy) is 1. The monoisotopic (exact) mass is 206 g/mol. The molecule has 0 amide bonds. The molecule has 82 valence electrons. The van der Waals surface area contributed by atoms with E-state index in [1.807, 2.05) is 24.3 Å². The molecule has 1 aromatic carbocycles. The van der Waals surface area contributed by atoms with Crippen molar-refractivity contribution in [2.24, 2.45) is 11.7 Å². The summed E-state index contributed by atoms with van der Waals surface area (Å²) in [5.41, 5.74) is 6.83. The summed E-state index contributed by atoms with van der Waals surface area (Å²) < 4.78 is 5.17. The summed E-state index contributed by atoms with van der Waals surface area (Å²) in [5, 5.41) is 3.46. The van der Waals surface area contributed by atoms with Gasteiger partial charge in [0, 0.05) is 24.3 Å². The van der Waals surface area contributed by atoms with Crippen LogP contribution in [0.15, 0.2) is 24.3 Å². The van der Waals surface area contributed by atoms with E-state index in [0.29, 0.717) is 12.6 Å². The number of methoxy groups -OCH3 is 1. The minimum atomic E-state index is 0.414. The molecular weight excluding hydrogens is 188 g/mol. The van der Waals surface area contributed by atoms with Crippen molar-refractivity contribution < 1.29 is 4.74 Å². The van der Waals surface area contributed by atoms with Crippen LogP contribution in [0, 0.1) is 5.92 Å². The molecule has 1 aromatic rings. The zero-order chi connectivity index (χ0) is 10.7. The van der Waals surface area contributed by atoms with Crippen molar-refractivity contribution in [2.45, 2.75) is 18.9 Å².